The Hall–Kier alpha value is -1.55. The third kappa shape index (κ3) is 4.97. The highest BCUT2D eigenvalue weighted by Crippen LogP contribution is 2.24. The van der Waals surface area contributed by atoms with E-state index in [4.69, 9.17) is 5.73 Å². The smallest absolute Gasteiger partial charge is 0.251 e. The summed E-state index contributed by atoms with van der Waals surface area (Å²) >= 11 is 0. The molecule has 4 nitrogen and oxygen atoms in total. The van der Waals surface area contributed by atoms with Crippen LogP contribution in [0.4, 0.5) is 5.69 Å². The van der Waals surface area contributed by atoms with Crippen LogP contribution in [-0.2, 0) is 0 Å². The van der Waals surface area contributed by atoms with Crippen LogP contribution in [0, 0.1) is 5.92 Å². The van der Waals surface area contributed by atoms with E-state index < -0.39 is 0 Å². The zero-order valence-electron chi connectivity index (χ0n) is 14.6. The Morgan fingerprint density at radius 3 is 2.29 bits per heavy atom. The molecule has 0 atom stereocenters. The first-order valence-electron chi connectivity index (χ1n) is 9.61. The van der Waals surface area contributed by atoms with E-state index >= 15 is 0 Å². The van der Waals surface area contributed by atoms with Gasteiger partial charge in [-0.1, -0.05) is 19.3 Å². The van der Waals surface area contributed by atoms with Gasteiger partial charge in [-0.15, -0.1) is 0 Å². The second-order valence-corrected chi connectivity index (χ2v) is 7.55. The summed E-state index contributed by atoms with van der Waals surface area (Å²) < 4.78 is 0. The highest BCUT2D eigenvalue weighted by atomic mass is 16.1. The van der Waals surface area contributed by atoms with E-state index in [1.807, 2.05) is 24.3 Å². The number of amides is 1. The van der Waals surface area contributed by atoms with Gasteiger partial charge < -0.3 is 16.4 Å². The monoisotopic (exact) mass is 329 g/mol. The van der Waals surface area contributed by atoms with Crippen molar-refractivity contribution in [3.63, 3.8) is 0 Å². The Bertz CT molecular complexity index is 514. The van der Waals surface area contributed by atoms with Crippen LogP contribution >= 0.6 is 0 Å². The van der Waals surface area contributed by atoms with Gasteiger partial charge >= 0.3 is 0 Å². The van der Waals surface area contributed by atoms with Gasteiger partial charge in [0.25, 0.3) is 5.91 Å². The lowest BCUT2D eigenvalue weighted by Gasteiger charge is -2.26. The number of benzene rings is 1. The predicted molar refractivity (Wildman–Crippen MR) is 99.2 cm³/mol. The number of rotatable bonds is 5. The average molecular weight is 329 g/mol. The molecule has 4 N–H and O–H groups in total. The van der Waals surface area contributed by atoms with Gasteiger partial charge in [-0.2, -0.15) is 0 Å². The van der Waals surface area contributed by atoms with Gasteiger partial charge in [0, 0.05) is 29.9 Å². The maximum Gasteiger partial charge on any atom is 0.251 e. The summed E-state index contributed by atoms with van der Waals surface area (Å²) in [4.78, 5) is 12.3. The van der Waals surface area contributed by atoms with E-state index in [1.165, 1.54) is 32.1 Å². The summed E-state index contributed by atoms with van der Waals surface area (Å²) in [6.07, 6.45) is 10.7. The number of hydrogen-bond acceptors (Lipinski definition) is 3. The topological polar surface area (TPSA) is 67.1 Å². The van der Waals surface area contributed by atoms with Crippen LogP contribution < -0.4 is 16.4 Å². The van der Waals surface area contributed by atoms with Crippen LogP contribution in [0.25, 0.3) is 0 Å². The molecule has 1 aromatic rings. The molecule has 132 valence electrons. The Labute approximate surface area is 145 Å². The molecular formula is C20H31N3O. The van der Waals surface area contributed by atoms with Crippen molar-refractivity contribution in [3.8, 4) is 0 Å². The number of carbonyl (C=O) groups is 1. The molecule has 0 spiro atoms. The quantitative estimate of drug-likeness (QED) is 0.772. The fraction of sp³-hybridized carbons (Fsp3) is 0.650. The second-order valence-electron chi connectivity index (χ2n) is 7.55. The molecule has 3 rings (SSSR count). The minimum absolute atomic E-state index is 0.0646. The summed E-state index contributed by atoms with van der Waals surface area (Å²) in [5.74, 6) is 0.786. The fourth-order valence-corrected chi connectivity index (χ4v) is 3.91. The molecule has 0 saturated heterocycles. The van der Waals surface area contributed by atoms with Crippen molar-refractivity contribution < 1.29 is 4.79 Å². The minimum Gasteiger partial charge on any atom is -0.385 e. The van der Waals surface area contributed by atoms with Gasteiger partial charge in [0.15, 0.2) is 0 Å². The van der Waals surface area contributed by atoms with Crippen LogP contribution in [0.15, 0.2) is 24.3 Å². The van der Waals surface area contributed by atoms with Crippen LogP contribution in [0.3, 0.4) is 0 Å². The first kappa shape index (κ1) is 17.3. The van der Waals surface area contributed by atoms with Gasteiger partial charge in [-0.3, -0.25) is 4.79 Å². The maximum absolute atomic E-state index is 12.3. The molecule has 24 heavy (non-hydrogen) atoms. The molecule has 0 unspecified atom stereocenters. The van der Waals surface area contributed by atoms with Crippen LogP contribution in [0.2, 0.25) is 0 Å². The zero-order chi connectivity index (χ0) is 16.8. The highest BCUT2D eigenvalue weighted by Gasteiger charge is 2.18. The number of hydrogen-bond donors (Lipinski definition) is 3. The average Bonchev–Trinajstić information content (AvgIpc) is 2.62. The molecule has 0 aliphatic heterocycles. The van der Waals surface area contributed by atoms with Crippen LogP contribution in [0.5, 0.6) is 0 Å². The lowest BCUT2D eigenvalue weighted by Crippen LogP contribution is -2.36. The molecule has 2 saturated carbocycles. The van der Waals surface area contributed by atoms with Gasteiger partial charge in [0.2, 0.25) is 0 Å². The summed E-state index contributed by atoms with van der Waals surface area (Å²) in [6.45, 7) is 1.00. The second kappa shape index (κ2) is 8.52. The first-order chi connectivity index (χ1) is 11.7. The summed E-state index contributed by atoms with van der Waals surface area (Å²) in [7, 11) is 0. The van der Waals surface area contributed by atoms with Crippen molar-refractivity contribution in [1.82, 2.24) is 5.32 Å². The summed E-state index contributed by atoms with van der Waals surface area (Å²) in [5.41, 5.74) is 7.81. The third-order valence-corrected chi connectivity index (χ3v) is 5.57. The molecule has 0 aromatic heterocycles. The molecule has 2 aliphatic rings. The molecule has 0 bridgehead atoms. The van der Waals surface area contributed by atoms with E-state index in [-0.39, 0.29) is 5.91 Å². The van der Waals surface area contributed by atoms with E-state index in [1.54, 1.807) is 0 Å². The standard InChI is InChI=1S/C20H31N3O/c21-17-10-6-15(7-11-17)14-22-18-12-8-16(9-13-18)20(24)23-19-4-2-1-3-5-19/h8-9,12-13,15,17,19,22H,1-7,10-11,14,21H2,(H,23,24). The molecule has 2 fully saturated rings. The normalized spacial score (nSPS) is 25.2. The van der Waals surface area contributed by atoms with E-state index in [0.717, 1.165) is 49.4 Å². The lowest BCUT2D eigenvalue weighted by atomic mass is 9.86. The molecule has 1 amide bonds. The molecular weight excluding hydrogens is 298 g/mol. The molecule has 0 radical (unpaired) electrons. The van der Waals surface area contributed by atoms with E-state index in [9.17, 15) is 4.79 Å². The number of nitrogens with one attached hydrogen (secondary N) is 2. The fourth-order valence-electron chi connectivity index (χ4n) is 3.91. The van der Waals surface area contributed by atoms with E-state index in [0.29, 0.717) is 12.1 Å². The highest BCUT2D eigenvalue weighted by molar-refractivity contribution is 5.94. The Morgan fingerprint density at radius 2 is 1.62 bits per heavy atom. The number of anilines is 1. The third-order valence-electron chi connectivity index (χ3n) is 5.57. The van der Waals surface area contributed by atoms with Gasteiger partial charge in [0.1, 0.15) is 0 Å². The van der Waals surface area contributed by atoms with Crippen LogP contribution in [0.1, 0.15) is 68.1 Å². The molecule has 0 heterocycles. The minimum atomic E-state index is 0.0646. The van der Waals surface area contributed by atoms with Crippen LogP contribution in [-0.4, -0.2) is 24.5 Å². The summed E-state index contributed by atoms with van der Waals surface area (Å²) in [6, 6.07) is 8.66. The number of carbonyl (C=O) groups excluding carboxylic acids is 1. The van der Waals surface area contributed by atoms with Crippen molar-refractivity contribution in [2.75, 3.05) is 11.9 Å². The Morgan fingerprint density at radius 1 is 0.958 bits per heavy atom. The van der Waals surface area contributed by atoms with Crippen molar-refractivity contribution >= 4 is 11.6 Å². The van der Waals surface area contributed by atoms with Crippen molar-refractivity contribution in [2.24, 2.45) is 11.7 Å². The zero-order valence-corrected chi connectivity index (χ0v) is 14.6. The molecule has 2 aliphatic carbocycles. The summed E-state index contributed by atoms with van der Waals surface area (Å²) in [5, 5.41) is 6.68. The number of nitrogens with two attached hydrogens (primary N) is 1. The maximum atomic E-state index is 12.3. The first-order valence-corrected chi connectivity index (χ1v) is 9.61. The molecule has 1 aromatic carbocycles. The largest absolute Gasteiger partial charge is 0.385 e. The van der Waals surface area contributed by atoms with Gasteiger partial charge in [-0.05, 0) is 68.7 Å². The van der Waals surface area contributed by atoms with E-state index in [2.05, 4.69) is 10.6 Å². The van der Waals surface area contributed by atoms with Crippen molar-refractivity contribution in [1.29, 1.82) is 0 Å². The SMILES string of the molecule is NC1CCC(CNc2ccc(C(=O)NC3CCCCC3)cc2)CC1. The van der Waals surface area contributed by atoms with Gasteiger partial charge in [0.05, 0.1) is 0 Å². The van der Waals surface area contributed by atoms with Crippen molar-refractivity contribution in [3.05, 3.63) is 29.8 Å². The Kier molecular flexibility index (Phi) is 6.13. The van der Waals surface area contributed by atoms with Crippen molar-refractivity contribution in [2.45, 2.75) is 69.9 Å². The van der Waals surface area contributed by atoms with Gasteiger partial charge in [-0.25, -0.2) is 0 Å². The Balaban J connectivity index is 1.45. The molecule has 4 heteroatoms. The lowest BCUT2D eigenvalue weighted by molar-refractivity contribution is 0.0928. The predicted octanol–water partition coefficient (Wildman–Crippen LogP) is 3.68.